The Labute approximate surface area is 196 Å². The average molecular weight is 450 g/mol. The lowest BCUT2D eigenvalue weighted by Crippen LogP contribution is -2.12. The molecule has 34 heavy (non-hydrogen) atoms. The van der Waals surface area contributed by atoms with Crippen molar-refractivity contribution in [1.29, 1.82) is 0 Å². The molecule has 0 aliphatic rings. The number of nitrogens with one attached hydrogen (secondary N) is 1. The fourth-order valence-electron chi connectivity index (χ4n) is 4.31. The summed E-state index contributed by atoms with van der Waals surface area (Å²) in [6.07, 6.45) is 3.63. The number of Topliss-reactive ketones (excluding diaryl/α,β-unsaturated/α-hetero) is 1. The zero-order valence-electron chi connectivity index (χ0n) is 18.7. The molecule has 5 aromatic rings. The highest BCUT2D eigenvalue weighted by Gasteiger charge is 2.15. The molecule has 0 saturated heterocycles. The minimum absolute atomic E-state index is 0.0858. The van der Waals surface area contributed by atoms with Gasteiger partial charge >= 0.3 is 0 Å². The van der Waals surface area contributed by atoms with Crippen LogP contribution in [-0.2, 0) is 20.0 Å². The number of hydrogen-bond acceptors (Lipinski definition) is 5. The second-order valence-electron chi connectivity index (χ2n) is 8.23. The number of amides is 1. The molecule has 168 valence electrons. The molecule has 0 saturated carbocycles. The summed E-state index contributed by atoms with van der Waals surface area (Å²) in [5.74, 6) is 0.173. The number of aryl methyl sites for hydroxylation is 1. The summed E-state index contributed by atoms with van der Waals surface area (Å²) in [6.45, 7) is 0.503. The Morgan fingerprint density at radius 1 is 0.912 bits per heavy atom. The van der Waals surface area contributed by atoms with E-state index in [-0.39, 0.29) is 5.78 Å². The van der Waals surface area contributed by atoms with E-state index in [1.807, 2.05) is 72.4 Å². The molecule has 2 heterocycles. The molecule has 0 fully saturated rings. The van der Waals surface area contributed by atoms with Crippen LogP contribution >= 0.6 is 0 Å². The molecule has 0 bridgehead atoms. The number of nitrogens with zero attached hydrogens (tertiary/aromatic N) is 3. The van der Waals surface area contributed by atoms with Crippen LogP contribution < -0.4 is 11.1 Å². The molecule has 0 aliphatic carbocycles. The third kappa shape index (κ3) is 3.99. The highest BCUT2D eigenvalue weighted by atomic mass is 16.1. The number of benzene rings is 3. The summed E-state index contributed by atoms with van der Waals surface area (Å²) < 4.78 is 1.98. The molecular weight excluding hydrogens is 426 g/mol. The summed E-state index contributed by atoms with van der Waals surface area (Å²) in [7, 11) is 1.95. The lowest BCUT2D eigenvalue weighted by molar-refractivity contribution is 0.0989. The van der Waals surface area contributed by atoms with Crippen LogP contribution in [0.15, 0.2) is 79.3 Å². The quantitative estimate of drug-likeness (QED) is 0.362. The Kier molecular flexibility index (Phi) is 5.51. The smallest absolute Gasteiger partial charge is 0.250 e. The second-order valence-corrected chi connectivity index (χ2v) is 8.23. The number of carbonyl (C=O) groups excluding carboxylic acids is 2. The molecule has 2 aromatic heterocycles. The first kappa shape index (κ1) is 21.3. The van der Waals surface area contributed by atoms with E-state index in [1.54, 1.807) is 12.1 Å². The fraction of sp³-hybridized carbons (Fsp3) is 0.111. The monoisotopic (exact) mass is 449 g/mol. The molecule has 0 atom stereocenters. The van der Waals surface area contributed by atoms with Crippen LogP contribution in [0.4, 0.5) is 5.82 Å². The van der Waals surface area contributed by atoms with Gasteiger partial charge in [0.2, 0.25) is 0 Å². The lowest BCUT2D eigenvalue weighted by Gasteiger charge is -2.10. The van der Waals surface area contributed by atoms with Crippen LogP contribution in [0.3, 0.4) is 0 Å². The van der Waals surface area contributed by atoms with E-state index in [2.05, 4.69) is 15.3 Å². The number of aromatic nitrogens is 3. The lowest BCUT2D eigenvalue weighted by atomic mass is 10.0. The average Bonchev–Trinajstić information content (AvgIpc) is 3.19. The minimum Gasteiger partial charge on any atom is -0.366 e. The molecule has 1 amide bonds. The number of carbonyl (C=O) groups is 2. The third-order valence-electron chi connectivity index (χ3n) is 5.94. The fourth-order valence-corrected chi connectivity index (χ4v) is 4.31. The van der Waals surface area contributed by atoms with Gasteiger partial charge in [0.1, 0.15) is 12.1 Å². The van der Waals surface area contributed by atoms with Crippen molar-refractivity contribution in [3.63, 3.8) is 0 Å². The van der Waals surface area contributed by atoms with Crippen molar-refractivity contribution in [2.45, 2.75) is 13.0 Å². The highest BCUT2D eigenvalue weighted by molar-refractivity contribution is 6.09. The molecule has 3 aromatic carbocycles. The summed E-state index contributed by atoms with van der Waals surface area (Å²) >= 11 is 0. The Balaban J connectivity index is 1.35. The maximum Gasteiger partial charge on any atom is 0.250 e. The first-order valence-electron chi connectivity index (χ1n) is 10.9. The zero-order chi connectivity index (χ0) is 23.7. The van der Waals surface area contributed by atoms with Gasteiger partial charge in [0.15, 0.2) is 5.78 Å². The standard InChI is InChI=1S/C27H23N5O2/c1-32-15-22(19-8-2-3-11-23(19)32)24(33)13-17-6-4-7-18(12-17)14-29-27-21-10-5-9-20(26(28)34)25(21)30-16-31-27/h2-12,15-16H,13-14H2,1H3,(H2,28,34)(H,29,30,31). The van der Waals surface area contributed by atoms with Crippen LogP contribution in [0, 0.1) is 0 Å². The van der Waals surface area contributed by atoms with Crippen LogP contribution in [-0.4, -0.2) is 26.2 Å². The number of primary amides is 1. The van der Waals surface area contributed by atoms with Gasteiger partial charge in [-0.3, -0.25) is 9.59 Å². The first-order chi connectivity index (χ1) is 16.5. The van der Waals surface area contributed by atoms with E-state index in [1.165, 1.54) is 6.33 Å². The number of ketones is 1. The molecule has 5 rings (SSSR count). The van der Waals surface area contributed by atoms with Crippen molar-refractivity contribution >= 4 is 39.3 Å². The Morgan fingerprint density at radius 3 is 2.53 bits per heavy atom. The third-order valence-corrected chi connectivity index (χ3v) is 5.94. The van der Waals surface area contributed by atoms with Gasteiger partial charge < -0.3 is 15.6 Å². The summed E-state index contributed by atoms with van der Waals surface area (Å²) in [5, 5.41) is 5.01. The normalized spacial score (nSPS) is 11.1. The van der Waals surface area contributed by atoms with Crippen molar-refractivity contribution < 1.29 is 9.59 Å². The molecule has 0 unspecified atom stereocenters. The summed E-state index contributed by atoms with van der Waals surface area (Å²) in [6, 6.07) is 21.1. The molecule has 0 spiro atoms. The van der Waals surface area contributed by atoms with Crippen LogP contribution in [0.2, 0.25) is 0 Å². The number of fused-ring (bicyclic) bond motifs is 2. The molecule has 0 radical (unpaired) electrons. The van der Waals surface area contributed by atoms with E-state index in [9.17, 15) is 9.59 Å². The Morgan fingerprint density at radius 2 is 1.68 bits per heavy atom. The van der Waals surface area contributed by atoms with E-state index in [0.29, 0.717) is 29.9 Å². The van der Waals surface area contributed by atoms with Crippen LogP contribution in [0.5, 0.6) is 0 Å². The van der Waals surface area contributed by atoms with E-state index in [0.717, 1.165) is 33.0 Å². The van der Waals surface area contributed by atoms with Crippen LogP contribution in [0.1, 0.15) is 31.8 Å². The van der Waals surface area contributed by atoms with E-state index < -0.39 is 5.91 Å². The summed E-state index contributed by atoms with van der Waals surface area (Å²) in [5.41, 5.74) is 10.1. The molecule has 7 nitrogen and oxygen atoms in total. The van der Waals surface area contributed by atoms with Gasteiger partial charge in [0, 0.05) is 48.1 Å². The van der Waals surface area contributed by atoms with Crippen molar-refractivity contribution in [2.75, 3.05) is 5.32 Å². The highest BCUT2D eigenvalue weighted by Crippen LogP contribution is 2.24. The first-order valence-corrected chi connectivity index (χ1v) is 10.9. The van der Waals surface area contributed by atoms with Gasteiger partial charge in [-0.15, -0.1) is 0 Å². The van der Waals surface area contributed by atoms with Gasteiger partial charge in [-0.25, -0.2) is 9.97 Å². The molecule has 0 aliphatic heterocycles. The number of nitrogens with two attached hydrogens (primary N) is 1. The maximum absolute atomic E-state index is 13.1. The van der Waals surface area contributed by atoms with Gasteiger partial charge in [-0.05, 0) is 29.3 Å². The van der Waals surface area contributed by atoms with Crippen molar-refractivity contribution in [3.8, 4) is 0 Å². The Hall–Kier alpha value is -4.52. The van der Waals surface area contributed by atoms with Crippen molar-refractivity contribution in [3.05, 3.63) is 102 Å². The maximum atomic E-state index is 13.1. The predicted octanol–water partition coefficient (Wildman–Crippen LogP) is 4.26. The molecule has 3 N–H and O–H groups in total. The SMILES string of the molecule is Cn1cc(C(=O)Cc2cccc(CNc3ncnc4c(C(N)=O)cccc34)c2)c2ccccc21. The molecule has 7 heteroatoms. The summed E-state index contributed by atoms with van der Waals surface area (Å²) in [4.78, 5) is 33.4. The largest absolute Gasteiger partial charge is 0.366 e. The van der Waals surface area contributed by atoms with E-state index in [4.69, 9.17) is 5.73 Å². The number of anilines is 1. The Bertz CT molecular complexity index is 1550. The van der Waals surface area contributed by atoms with Crippen molar-refractivity contribution in [2.24, 2.45) is 12.8 Å². The van der Waals surface area contributed by atoms with Crippen LogP contribution in [0.25, 0.3) is 21.8 Å². The molecular formula is C27H23N5O2. The van der Waals surface area contributed by atoms with Crippen molar-refractivity contribution in [1.82, 2.24) is 14.5 Å². The van der Waals surface area contributed by atoms with Gasteiger partial charge in [0.05, 0.1) is 11.1 Å². The number of rotatable bonds is 7. The predicted molar refractivity (Wildman–Crippen MR) is 133 cm³/mol. The topological polar surface area (TPSA) is 103 Å². The van der Waals surface area contributed by atoms with Gasteiger partial charge in [-0.1, -0.05) is 48.5 Å². The second kappa shape index (κ2) is 8.78. The van der Waals surface area contributed by atoms with Gasteiger partial charge in [-0.2, -0.15) is 0 Å². The minimum atomic E-state index is -0.529. The number of para-hydroxylation sites is 2. The van der Waals surface area contributed by atoms with Gasteiger partial charge in [0.25, 0.3) is 5.91 Å². The zero-order valence-corrected chi connectivity index (χ0v) is 18.7. The van der Waals surface area contributed by atoms with E-state index >= 15 is 0 Å². The number of hydrogen-bond donors (Lipinski definition) is 2.